The van der Waals surface area contributed by atoms with E-state index in [9.17, 15) is 4.79 Å². The number of rotatable bonds is 6. The van der Waals surface area contributed by atoms with E-state index in [2.05, 4.69) is 81.4 Å². The van der Waals surface area contributed by atoms with Crippen LogP contribution in [0.25, 0.3) is 0 Å². The number of benzene rings is 2. The van der Waals surface area contributed by atoms with Gasteiger partial charge in [0.25, 0.3) is 8.32 Å². The van der Waals surface area contributed by atoms with Crippen molar-refractivity contribution in [3.63, 3.8) is 0 Å². The Labute approximate surface area is 180 Å². The molecule has 0 bridgehead atoms. The molecule has 0 spiro atoms. The molecule has 0 radical (unpaired) electrons. The third kappa shape index (κ3) is 4.02. The Morgan fingerprint density at radius 2 is 1.57 bits per heavy atom. The SMILES string of the molecule is CC(C)(C)[Si](OC[C@@H]1CC[C@@H]([C@@H]2C=CC(=O)O2)O1)(c1ccccc1)c1ccccc1. The largest absolute Gasteiger partial charge is 0.452 e. The Balaban J connectivity index is 1.58. The third-order valence-electron chi connectivity index (χ3n) is 6.08. The summed E-state index contributed by atoms with van der Waals surface area (Å²) in [7, 11) is -2.56. The van der Waals surface area contributed by atoms with Crippen molar-refractivity contribution in [1.82, 2.24) is 0 Å². The maximum absolute atomic E-state index is 11.4. The fraction of sp³-hybridized carbons (Fsp3) is 0.400. The minimum atomic E-state index is -2.56. The molecule has 2 heterocycles. The van der Waals surface area contributed by atoms with Crippen LogP contribution in [0, 0.1) is 0 Å². The molecule has 0 aliphatic carbocycles. The summed E-state index contributed by atoms with van der Waals surface area (Å²) in [6.45, 7) is 7.37. The van der Waals surface area contributed by atoms with Gasteiger partial charge in [-0.05, 0) is 34.3 Å². The Bertz CT molecular complexity index is 849. The maximum atomic E-state index is 11.4. The number of hydrogen-bond donors (Lipinski definition) is 0. The van der Waals surface area contributed by atoms with E-state index in [-0.39, 0.29) is 29.3 Å². The highest BCUT2D eigenvalue weighted by atomic mass is 28.4. The van der Waals surface area contributed by atoms with Crippen LogP contribution in [0.15, 0.2) is 72.8 Å². The Morgan fingerprint density at radius 3 is 2.07 bits per heavy atom. The molecule has 2 aromatic rings. The van der Waals surface area contributed by atoms with E-state index in [0.717, 1.165) is 12.8 Å². The lowest BCUT2D eigenvalue weighted by molar-refractivity contribution is -0.144. The van der Waals surface area contributed by atoms with Crippen molar-refractivity contribution < 1.29 is 18.7 Å². The molecule has 5 heteroatoms. The summed E-state index contributed by atoms with van der Waals surface area (Å²) < 4.78 is 18.5. The normalized spacial score (nSPS) is 24.2. The second-order valence-electron chi connectivity index (χ2n) is 9.11. The van der Waals surface area contributed by atoms with Gasteiger partial charge in [-0.2, -0.15) is 0 Å². The van der Waals surface area contributed by atoms with Gasteiger partial charge in [-0.15, -0.1) is 0 Å². The van der Waals surface area contributed by atoms with Crippen molar-refractivity contribution in [2.24, 2.45) is 0 Å². The highest BCUT2D eigenvalue weighted by Gasteiger charge is 2.50. The van der Waals surface area contributed by atoms with Gasteiger partial charge < -0.3 is 13.9 Å². The zero-order chi connectivity index (χ0) is 21.2. The number of carbonyl (C=O) groups is 1. The molecule has 0 aromatic heterocycles. The highest BCUT2D eigenvalue weighted by Crippen LogP contribution is 2.37. The van der Waals surface area contributed by atoms with Crippen molar-refractivity contribution in [1.29, 1.82) is 0 Å². The first-order chi connectivity index (χ1) is 14.4. The molecule has 2 aliphatic heterocycles. The molecule has 4 nitrogen and oxygen atoms in total. The summed E-state index contributed by atoms with van der Waals surface area (Å²) in [5, 5.41) is 2.48. The summed E-state index contributed by atoms with van der Waals surface area (Å²) >= 11 is 0. The molecular weight excluding hydrogens is 392 g/mol. The van der Waals surface area contributed by atoms with Crippen molar-refractivity contribution in [3.05, 3.63) is 72.8 Å². The average Bonchev–Trinajstić information content (AvgIpc) is 3.38. The molecule has 0 saturated carbocycles. The summed E-state index contributed by atoms with van der Waals surface area (Å²) in [6, 6.07) is 21.3. The van der Waals surface area contributed by atoms with Crippen LogP contribution in [-0.2, 0) is 18.7 Å². The predicted molar refractivity (Wildman–Crippen MR) is 120 cm³/mol. The van der Waals surface area contributed by atoms with Crippen LogP contribution in [0.2, 0.25) is 5.04 Å². The maximum Gasteiger partial charge on any atom is 0.331 e. The van der Waals surface area contributed by atoms with Crippen LogP contribution in [0.1, 0.15) is 33.6 Å². The van der Waals surface area contributed by atoms with Crippen LogP contribution in [0.4, 0.5) is 0 Å². The number of hydrogen-bond acceptors (Lipinski definition) is 4. The van der Waals surface area contributed by atoms with Gasteiger partial charge in [0.15, 0.2) is 0 Å². The van der Waals surface area contributed by atoms with E-state index >= 15 is 0 Å². The van der Waals surface area contributed by atoms with Gasteiger partial charge in [0.1, 0.15) is 6.10 Å². The molecule has 3 atom stereocenters. The lowest BCUT2D eigenvalue weighted by Gasteiger charge is -2.43. The number of esters is 1. The molecule has 2 aromatic carbocycles. The number of ether oxygens (including phenoxy) is 2. The number of cyclic esters (lactones) is 1. The third-order valence-corrected chi connectivity index (χ3v) is 11.1. The Hall–Kier alpha value is -2.21. The topological polar surface area (TPSA) is 44.8 Å². The minimum absolute atomic E-state index is 0.00403. The first kappa shape index (κ1) is 21.0. The van der Waals surface area contributed by atoms with Crippen LogP contribution >= 0.6 is 0 Å². The molecule has 158 valence electrons. The van der Waals surface area contributed by atoms with Gasteiger partial charge in [-0.25, -0.2) is 4.79 Å². The van der Waals surface area contributed by atoms with E-state index in [1.165, 1.54) is 16.4 Å². The van der Waals surface area contributed by atoms with E-state index in [0.29, 0.717) is 6.61 Å². The smallest absolute Gasteiger partial charge is 0.331 e. The molecule has 2 aliphatic rings. The fourth-order valence-corrected chi connectivity index (χ4v) is 9.25. The zero-order valence-corrected chi connectivity index (χ0v) is 18.9. The summed E-state index contributed by atoms with van der Waals surface area (Å²) in [5.41, 5.74) is 0. The van der Waals surface area contributed by atoms with Crippen LogP contribution in [-0.4, -0.2) is 39.2 Å². The molecule has 0 unspecified atom stereocenters. The second-order valence-corrected chi connectivity index (χ2v) is 13.4. The lowest BCUT2D eigenvalue weighted by atomic mass is 10.1. The predicted octanol–water partition coefficient (Wildman–Crippen LogP) is 3.59. The monoisotopic (exact) mass is 422 g/mol. The quantitative estimate of drug-likeness (QED) is 0.527. The zero-order valence-electron chi connectivity index (χ0n) is 17.9. The summed E-state index contributed by atoms with van der Waals surface area (Å²) in [6.07, 6.45) is 4.72. The molecule has 30 heavy (non-hydrogen) atoms. The van der Waals surface area contributed by atoms with Crippen molar-refractivity contribution in [3.8, 4) is 0 Å². The van der Waals surface area contributed by atoms with Crippen molar-refractivity contribution in [2.75, 3.05) is 6.61 Å². The molecular formula is C25H30O4Si. The van der Waals surface area contributed by atoms with E-state index in [1.54, 1.807) is 6.08 Å². The lowest BCUT2D eigenvalue weighted by Crippen LogP contribution is -2.67. The van der Waals surface area contributed by atoms with Crippen molar-refractivity contribution in [2.45, 2.75) is 57.0 Å². The van der Waals surface area contributed by atoms with E-state index < -0.39 is 8.32 Å². The minimum Gasteiger partial charge on any atom is -0.452 e. The molecule has 1 saturated heterocycles. The number of carbonyl (C=O) groups excluding carboxylic acids is 1. The Kier molecular flexibility index (Phi) is 5.96. The molecule has 4 rings (SSSR count). The van der Waals surface area contributed by atoms with E-state index in [4.69, 9.17) is 13.9 Å². The van der Waals surface area contributed by atoms with Gasteiger partial charge in [0, 0.05) is 6.08 Å². The van der Waals surface area contributed by atoms with Crippen molar-refractivity contribution >= 4 is 24.7 Å². The van der Waals surface area contributed by atoms with Gasteiger partial charge in [-0.3, -0.25) is 0 Å². The molecule has 0 N–H and O–H groups in total. The molecule has 1 fully saturated rings. The summed E-state index contributed by atoms with van der Waals surface area (Å²) in [4.78, 5) is 11.4. The first-order valence-electron chi connectivity index (χ1n) is 10.7. The molecule has 0 amide bonds. The van der Waals surface area contributed by atoms with Crippen LogP contribution in [0.5, 0.6) is 0 Å². The highest BCUT2D eigenvalue weighted by molar-refractivity contribution is 6.99. The van der Waals surface area contributed by atoms with Gasteiger partial charge in [-0.1, -0.05) is 81.4 Å². The summed E-state index contributed by atoms with van der Waals surface area (Å²) in [5.74, 6) is -0.282. The van der Waals surface area contributed by atoms with Gasteiger partial charge in [0.2, 0.25) is 0 Å². The van der Waals surface area contributed by atoms with Crippen LogP contribution in [0.3, 0.4) is 0 Å². The second kappa shape index (κ2) is 8.50. The first-order valence-corrected chi connectivity index (χ1v) is 12.6. The van der Waals surface area contributed by atoms with Gasteiger partial charge in [0.05, 0.1) is 18.8 Å². The average molecular weight is 423 g/mol. The fourth-order valence-electron chi connectivity index (χ4n) is 4.66. The standard InChI is InChI=1S/C25H30O4Si/c1-25(2,3)30(20-10-6-4-7-11-20,21-12-8-5-9-13-21)27-18-19-14-15-22(28-19)23-16-17-24(26)29-23/h4-13,16-17,19,22-23H,14-15,18H2,1-3H3/t19-,22-,23-/m0/s1. The van der Waals surface area contributed by atoms with Crippen LogP contribution < -0.4 is 10.4 Å². The Morgan fingerprint density at radius 1 is 0.967 bits per heavy atom. The van der Waals surface area contributed by atoms with E-state index in [1.807, 2.05) is 0 Å². The van der Waals surface area contributed by atoms with Gasteiger partial charge >= 0.3 is 5.97 Å².